The van der Waals surface area contributed by atoms with Crippen LogP contribution in [0.5, 0.6) is 0 Å². The highest BCUT2D eigenvalue weighted by atomic mass is 16.3. The van der Waals surface area contributed by atoms with Gasteiger partial charge in [-0.05, 0) is 91.0 Å². The van der Waals surface area contributed by atoms with Crippen molar-refractivity contribution in [3.8, 4) is 67.8 Å². The molecule has 0 radical (unpaired) electrons. The summed E-state index contributed by atoms with van der Waals surface area (Å²) < 4.78 is 37.5. The van der Waals surface area contributed by atoms with E-state index in [0.29, 0.717) is 11.6 Å². The molecule has 0 amide bonds. The topological polar surface area (TPSA) is 130 Å². The Morgan fingerprint density at radius 1 is 0.178 bits per heavy atom. The van der Waals surface area contributed by atoms with E-state index >= 15 is 0 Å². The molecule has 0 fully saturated rings. The monoisotopic (exact) mass is 1160 g/mol. The molecular weight excluding hydrogens is 1110 g/mol. The van der Waals surface area contributed by atoms with Crippen LogP contribution in [0.4, 0.5) is 0 Å². The molecule has 0 saturated heterocycles. The van der Waals surface area contributed by atoms with Gasteiger partial charge in [0.2, 0.25) is 0 Å². The van der Waals surface area contributed by atoms with Crippen molar-refractivity contribution in [2.45, 2.75) is 0 Å². The van der Waals surface area contributed by atoms with Crippen LogP contribution in [0.25, 0.3) is 199 Å². The molecule has 0 spiro atoms. The first-order chi connectivity index (χ1) is 44.6. The van der Waals surface area contributed by atoms with Crippen LogP contribution in [0, 0.1) is 0 Å². The minimum Gasteiger partial charge on any atom is -0.456 e. The SMILES string of the molecule is c1ccc2c(c1)oc1cc(-c3cc(-c4cccc5oc6ccccc6c45)nc(-c4cccc5oc6ccccc6c45)n3)ccc12.c1ccc2c(c1)oc1cccc(-c3cc(-c4cccc5oc6ccccc6c45)nc(-c4cccc5oc6ccccc6c45)n3)c12. The van der Waals surface area contributed by atoms with Crippen molar-refractivity contribution in [1.82, 2.24) is 19.9 Å². The van der Waals surface area contributed by atoms with Crippen LogP contribution in [0.15, 0.2) is 293 Å². The summed E-state index contributed by atoms with van der Waals surface area (Å²) >= 11 is 0. The summed E-state index contributed by atoms with van der Waals surface area (Å²) in [6.07, 6.45) is 0. The van der Waals surface area contributed by atoms with Crippen molar-refractivity contribution in [1.29, 1.82) is 0 Å². The van der Waals surface area contributed by atoms with E-state index in [1.54, 1.807) is 0 Å². The molecule has 0 N–H and O–H groups in total. The van der Waals surface area contributed by atoms with E-state index in [1.807, 2.05) is 170 Å². The van der Waals surface area contributed by atoms with Crippen molar-refractivity contribution in [3.05, 3.63) is 267 Å². The Kier molecular flexibility index (Phi) is 10.8. The van der Waals surface area contributed by atoms with E-state index in [4.69, 9.17) is 46.4 Å². The Bertz CT molecular complexity index is 5880. The van der Waals surface area contributed by atoms with Crippen molar-refractivity contribution in [2.24, 2.45) is 0 Å². The number of rotatable bonds is 6. The largest absolute Gasteiger partial charge is 0.456 e. The Morgan fingerprint density at radius 3 is 0.800 bits per heavy atom. The molecule has 20 rings (SSSR count). The zero-order chi connectivity index (χ0) is 59.0. The summed E-state index contributed by atoms with van der Waals surface area (Å²) in [4.78, 5) is 21.0. The lowest BCUT2D eigenvalue weighted by Crippen LogP contribution is -1.97. The van der Waals surface area contributed by atoms with Gasteiger partial charge in [-0.15, -0.1) is 0 Å². The maximum atomic E-state index is 6.27. The second-order valence-electron chi connectivity index (χ2n) is 22.6. The van der Waals surface area contributed by atoms with Gasteiger partial charge in [-0.2, -0.15) is 0 Å². The van der Waals surface area contributed by atoms with Gasteiger partial charge in [0, 0.05) is 98.0 Å². The summed E-state index contributed by atoms with van der Waals surface area (Å²) in [6.45, 7) is 0. The number of hydrogen-bond acceptors (Lipinski definition) is 10. The Hall–Kier alpha value is -12.4. The van der Waals surface area contributed by atoms with Gasteiger partial charge in [0.25, 0.3) is 0 Å². The zero-order valence-electron chi connectivity index (χ0n) is 47.6. The first-order valence-corrected chi connectivity index (χ1v) is 29.8. The molecule has 90 heavy (non-hydrogen) atoms. The summed E-state index contributed by atoms with van der Waals surface area (Å²) in [5.74, 6) is 1.24. The van der Waals surface area contributed by atoms with Gasteiger partial charge in [-0.1, -0.05) is 176 Å². The van der Waals surface area contributed by atoms with E-state index in [-0.39, 0.29) is 0 Å². The Labute approximate surface area is 510 Å². The average Bonchev–Trinajstić information content (AvgIpc) is 1.64. The molecule has 0 saturated carbocycles. The van der Waals surface area contributed by atoms with E-state index in [9.17, 15) is 0 Å². The third-order valence-electron chi connectivity index (χ3n) is 17.4. The molecule has 10 heteroatoms. The van der Waals surface area contributed by atoms with E-state index in [1.165, 1.54) is 0 Å². The average molecular weight is 1160 g/mol. The smallest absolute Gasteiger partial charge is 0.161 e. The van der Waals surface area contributed by atoms with Crippen LogP contribution in [0.3, 0.4) is 0 Å². The fourth-order valence-corrected chi connectivity index (χ4v) is 13.5. The Balaban J connectivity index is 0.000000130. The van der Waals surface area contributed by atoms with Gasteiger partial charge in [-0.25, -0.2) is 19.9 Å². The molecule has 12 aromatic carbocycles. The molecule has 0 aliphatic rings. The van der Waals surface area contributed by atoms with Crippen LogP contribution < -0.4 is 0 Å². The molecule has 420 valence electrons. The van der Waals surface area contributed by atoms with Gasteiger partial charge in [0.1, 0.15) is 67.0 Å². The molecule has 10 nitrogen and oxygen atoms in total. The zero-order valence-corrected chi connectivity index (χ0v) is 47.6. The van der Waals surface area contributed by atoms with Crippen molar-refractivity contribution >= 4 is 132 Å². The van der Waals surface area contributed by atoms with E-state index in [0.717, 1.165) is 188 Å². The number of nitrogens with zero attached hydrogens (tertiary/aromatic N) is 4. The standard InChI is InChI=1S/2C40H22N2O3/c1-4-16-31-25(10-1)37-23(13-7-19-34(37)43-31)29-22-30(24-14-8-20-35-38(24)26-11-2-5-17-32(26)44-35)42-40(41-29)28-15-9-21-36-39(28)27-12-3-6-18-33(27)45-36;1-4-14-32-24(9-1)25-20-19-23(21-37(25)45-32)30-22-31(26-12-7-17-35-38(26)27-10-2-5-15-33(27)43-35)42-40(41-30)29-13-8-18-36-39(29)28-11-3-6-16-34(28)44-36/h2*1-22H. The molecule has 8 aromatic heterocycles. The van der Waals surface area contributed by atoms with Gasteiger partial charge in [-0.3, -0.25) is 0 Å². The normalized spacial score (nSPS) is 12.0. The highest BCUT2D eigenvalue weighted by Gasteiger charge is 2.24. The maximum Gasteiger partial charge on any atom is 0.161 e. The van der Waals surface area contributed by atoms with Crippen LogP contribution in [-0.4, -0.2) is 19.9 Å². The van der Waals surface area contributed by atoms with Crippen molar-refractivity contribution < 1.29 is 26.5 Å². The van der Waals surface area contributed by atoms with Crippen LogP contribution in [-0.2, 0) is 0 Å². The fourth-order valence-electron chi connectivity index (χ4n) is 13.5. The maximum absolute atomic E-state index is 6.27. The minimum atomic E-state index is 0.620. The summed E-state index contributed by atoms with van der Waals surface area (Å²) in [7, 11) is 0. The number of hydrogen-bond donors (Lipinski definition) is 0. The van der Waals surface area contributed by atoms with Gasteiger partial charge >= 0.3 is 0 Å². The minimum absolute atomic E-state index is 0.620. The third-order valence-corrected chi connectivity index (χ3v) is 17.4. The molecule has 0 bridgehead atoms. The molecule has 0 aliphatic heterocycles. The van der Waals surface area contributed by atoms with Crippen molar-refractivity contribution in [3.63, 3.8) is 0 Å². The van der Waals surface area contributed by atoms with E-state index in [2.05, 4.69) is 97.1 Å². The first kappa shape index (κ1) is 49.8. The molecule has 0 aliphatic carbocycles. The lowest BCUT2D eigenvalue weighted by Gasteiger charge is -2.11. The number of fused-ring (bicyclic) bond motifs is 18. The Morgan fingerprint density at radius 2 is 0.433 bits per heavy atom. The van der Waals surface area contributed by atoms with E-state index < -0.39 is 0 Å². The van der Waals surface area contributed by atoms with Gasteiger partial charge in [0.15, 0.2) is 11.6 Å². The summed E-state index contributed by atoms with van der Waals surface area (Å²) in [6, 6.07) is 89.8. The number of aromatic nitrogens is 4. The second-order valence-corrected chi connectivity index (χ2v) is 22.6. The van der Waals surface area contributed by atoms with Gasteiger partial charge in [0.05, 0.1) is 22.8 Å². The van der Waals surface area contributed by atoms with Crippen molar-refractivity contribution in [2.75, 3.05) is 0 Å². The molecule has 0 unspecified atom stereocenters. The second kappa shape index (κ2) is 19.6. The predicted molar refractivity (Wildman–Crippen MR) is 360 cm³/mol. The van der Waals surface area contributed by atoms with Crippen LogP contribution in [0.2, 0.25) is 0 Å². The lowest BCUT2D eigenvalue weighted by molar-refractivity contribution is 0.668. The molecule has 20 aromatic rings. The predicted octanol–water partition coefficient (Wildman–Crippen LogP) is 22.4. The number of para-hydroxylation sites is 6. The van der Waals surface area contributed by atoms with Crippen LogP contribution in [0.1, 0.15) is 0 Å². The summed E-state index contributed by atoms with van der Waals surface area (Å²) in [5, 5.41) is 12.5. The fraction of sp³-hybridized carbons (Fsp3) is 0. The number of benzene rings is 12. The van der Waals surface area contributed by atoms with Gasteiger partial charge < -0.3 is 26.5 Å². The van der Waals surface area contributed by atoms with Crippen LogP contribution >= 0.6 is 0 Å². The molecule has 8 heterocycles. The lowest BCUT2D eigenvalue weighted by atomic mass is 9.99. The highest BCUT2D eigenvalue weighted by molar-refractivity contribution is 6.17. The molecular formula is C80H44N4O6. The quantitative estimate of drug-likeness (QED) is 0.159. The highest BCUT2D eigenvalue weighted by Crippen LogP contribution is 2.45. The first-order valence-electron chi connectivity index (χ1n) is 29.8. The summed E-state index contributed by atoms with van der Waals surface area (Å²) in [5.41, 5.74) is 18.9. The number of furan rings is 6. The third kappa shape index (κ3) is 7.78. The molecule has 0 atom stereocenters.